The Morgan fingerprint density at radius 3 is 2.47 bits per heavy atom. The molecule has 1 aromatic heterocycles. The Labute approximate surface area is 253 Å². The van der Waals surface area contributed by atoms with Crippen molar-refractivity contribution in [1.29, 1.82) is 5.26 Å². The van der Waals surface area contributed by atoms with Crippen molar-refractivity contribution < 1.29 is 40.3 Å². The van der Waals surface area contributed by atoms with Crippen molar-refractivity contribution >= 4 is 44.9 Å². The molecule has 2 saturated heterocycles. The van der Waals surface area contributed by atoms with Gasteiger partial charge in [0.2, 0.25) is 11.8 Å². The second-order valence-corrected chi connectivity index (χ2v) is 13.8. The molecule has 2 amide bonds. The highest BCUT2D eigenvalue weighted by molar-refractivity contribution is 7.92. The van der Waals surface area contributed by atoms with Crippen molar-refractivity contribution in [2.45, 2.75) is 52.6 Å². The number of halogens is 6. The molecule has 3 heterocycles. The number of pyridine rings is 1. The molecule has 5 rings (SSSR count). The van der Waals surface area contributed by atoms with Crippen LogP contribution in [-0.2, 0) is 24.8 Å². The first-order chi connectivity index (χ1) is 20.1. The molecule has 17 heteroatoms. The van der Waals surface area contributed by atoms with Gasteiger partial charge in [-0.2, -0.15) is 18.4 Å². The van der Waals surface area contributed by atoms with Crippen LogP contribution in [0.1, 0.15) is 25.0 Å². The third kappa shape index (κ3) is 5.98. The second kappa shape index (κ2) is 11.1. The zero-order valence-electron chi connectivity index (χ0n) is 22.1. The summed E-state index contributed by atoms with van der Waals surface area (Å²) in [6.07, 6.45) is -3.09. The highest BCUT2D eigenvalue weighted by atomic mass is 35.5. The van der Waals surface area contributed by atoms with Crippen LogP contribution in [0.4, 0.5) is 17.6 Å². The fraction of sp³-hybridized carbons (Fsp3) is 0.462. The minimum Gasteiger partial charge on any atom is -0.484 e. The summed E-state index contributed by atoms with van der Waals surface area (Å²) in [5, 5.41) is 13.2. The summed E-state index contributed by atoms with van der Waals surface area (Å²) in [5.74, 6) is -2.67. The number of hydrogen-bond donors (Lipinski definition) is 2. The van der Waals surface area contributed by atoms with Crippen LogP contribution in [0.2, 0.25) is 10.0 Å². The molecular formula is C26H23Cl2F4N5O5S. The van der Waals surface area contributed by atoms with E-state index in [9.17, 15) is 40.8 Å². The lowest BCUT2D eigenvalue weighted by Crippen LogP contribution is -2.67. The van der Waals surface area contributed by atoms with Gasteiger partial charge < -0.3 is 20.3 Å². The number of aromatic nitrogens is 1. The maximum Gasteiger partial charge on any atom is 0.422 e. The number of carbonyl (C=O) groups is 2. The number of carbonyl (C=O) groups excluding carboxylic acids is 2. The number of ether oxygens (including phenoxy) is 1. The SMILES string of the molecule is N#CC1(NC(=O)C2CC(S(=O)(=O)c3ccc(OCC(F)(F)F)cc3Cl)CN2C(=O)C2(c3ncc(Cl)cc3F)CNC2)CC1. The molecule has 0 bridgehead atoms. The minimum atomic E-state index is -4.63. The summed E-state index contributed by atoms with van der Waals surface area (Å²) in [7, 11) is -4.38. The summed E-state index contributed by atoms with van der Waals surface area (Å²) in [5.41, 5.74) is -2.91. The van der Waals surface area contributed by atoms with Gasteiger partial charge >= 0.3 is 6.18 Å². The fourth-order valence-electron chi connectivity index (χ4n) is 5.19. The van der Waals surface area contributed by atoms with Gasteiger partial charge in [-0.05, 0) is 37.5 Å². The molecule has 2 aromatic rings. The minimum absolute atomic E-state index is 0.00125. The average Bonchev–Trinajstić information content (AvgIpc) is 3.52. The molecule has 3 fully saturated rings. The quantitative estimate of drug-likeness (QED) is 0.411. The van der Waals surface area contributed by atoms with Crippen molar-refractivity contribution in [3.8, 4) is 11.8 Å². The van der Waals surface area contributed by atoms with Crippen molar-refractivity contribution in [1.82, 2.24) is 20.5 Å². The lowest BCUT2D eigenvalue weighted by molar-refractivity contribution is -0.153. The van der Waals surface area contributed by atoms with E-state index in [1.165, 1.54) is 6.20 Å². The molecule has 10 nitrogen and oxygen atoms in total. The first-order valence-electron chi connectivity index (χ1n) is 12.9. The number of nitriles is 1. The van der Waals surface area contributed by atoms with Crippen LogP contribution < -0.4 is 15.4 Å². The summed E-state index contributed by atoms with van der Waals surface area (Å²) in [6, 6.07) is 4.58. The molecule has 1 aliphatic carbocycles. The topological polar surface area (TPSA) is 141 Å². The zero-order chi connectivity index (χ0) is 31.4. The normalized spacial score (nSPS) is 22.3. The van der Waals surface area contributed by atoms with Crippen molar-refractivity contribution in [2.24, 2.45) is 0 Å². The Morgan fingerprint density at radius 2 is 1.93 bits per heavy atom. The molecule has 230 valence electrons. The predicted octanol–water partition coefficient (Wildman–Crippen LogP) is 2.93. The number of alkyl halides is 3. The molecule has 2 N–H and O–H groups in total. The fourth-order valence-corrected chi connectivity index (χ4v) is 7.57. The van der Waals surface area contributed by atoms with E-state index in [2.05, 4.69) is 20.4 Å². The van der Waals surface area contributed by atoms with Crippen molar-refractivity contribution in [3.05, 3.63) is 52.0 Å². The Hall–Kier alpha value is -3.19. The number of nitrogens with zero attached hydrogens (tertiary/aromatic N) is 3. The number of benzene rings is 1. The Morgan fingerprint density at radius 1 is 1.23 bits per heavy atom. The summed E-state index contributed by atoms with van der Waals surface area (Å²) < 4.78 is 84.7. The van der Waals surface area contributed by atoms with Crippen molar-refractivity contribution in [2.75, 3.05) is 26.2 Å². The standard InChI is InChI=1S/C26H23Cl2F4N5O5S/c27-14-5-18(29)21(35-8-14)25(11-34-12-25)23(39)37-9-16(7-19(37)22(38)36-24(10-33)3-4-24)43(40,41)20-2-1-15(6-17(20)28)42-13-26(30,31)32/h1-2,5-6,8,16,19,34H,3-4,7,9,11-13H2,(H,36,38). The zero-order valence-corrected chi connectivity index (χ0v) is 24.4. The van der Waals surface area contributed by atoms with Gasteiger partial charge in [0.15, 0.2) is 16.4 Å². The molecule has 1 aromatic carbocycles. The van der Waals surface area contributed by atoms with Gasteiger partial charge in [-0.15, -0.1) is 0 Å². The van der Waals surface area contributed by atoms with Crippen LogP contribution in [0.25, 0.3) is 0 Å². The smallest absolute Gasteiger partial charge is 0.422 e. The molecule has 2 aliphatic heterocycles. The summed E-state index contributed by atoms with van der Waals surface area (Å²) >= 11 is 12.0. The van der Waals surface area contributed by atoms with Crippen LogP contribution in [0, 0.1) is 17.1 Å². The Bertz CT molecular complexity index is 1630. The van der Waals surface area contributed by atoms with E-state index < -0.39 is 79.0 Å². The lowest BCUT2D eigenvalue weighted by Gasteiger charge is -2.44. The summed E-state index contributed by atoms with van der Waals surface area (Å²) in [6.45, 7) is -2.20. The number of hydrogen-bond acceptors (Lipinski definition) is 8. The van der Waals surface area contributed by atoms with E-state index >= 15 is 0 Å². The number of likely N-dealkylation sites (tertiary alicyclic amines) is 1. The van der Waals surface area contributed by atoms with E-state index in [-0.39, 0.29) is 36.0 Å². The molecule has 1 saturated carbocycles. The summed E-state index contributed by atoms with van der Waals surface area (Å²) in [4.78, 5) is 32.2. The van der Waals surface area contributed by atoms with Gasteiger partial charge in [0.1, 0.15) is 28.6 Å². The Balaban J connectivity index is 1.46. The first-order valence-corrected chi connectivity index (χ1v) is 15.2. The van der Waals surface area contributed by atoms with E-state index in [1.807, 2.05) is 6.07 Å². The molecule has 2 unspecified atom stereocenters. The molecule has 0 spiro atoms. The molecule has 3 aliphatic rings. The van der Waals surface area contributed by atoms with Crippen molar-refractivity contribution in [3.63, 3.8) is 0 Å². The lowest BCUT2D eigenvalue weighted by atomic mass is 9.76. The van der Waals surface area contributed by atoms with E-state index in [4.69, 9.17) is 23.2 Å². The van der Waals surface area contributed by atoms with E-state index in [1.54, 1.807) is 0 Å². The second-order valence-electron chi connectivity index (χ2n) is 10.7. The third-order valence-corrected chi connectivity index (χ3v) is 10.5. The van der Waals surface area contributed by atoms with Gasteiger partial charge in [-0.25, -0.2) is 12.8 Å². The number of nitrogens with one attached hydrogen (secondary N) is 2. The number of amides is 2. The van der Waals surface area contributed by atoms with Gasteiger partial charge in [-0.3, -0.25) is 14.6 Å². The number of rotatable bonds is 8. The van der Waals surface area contributed by atoms with Crippen LogP contribution >= 0.6 is 23.2 Å². The highest BCUT2D eigenvalue weighted by Crippen LogP contribution is 2.40. The van der Waals surface area contributed by atoms with E-state index in [0.717, 1.165) is 29.2 Å². The molecule has 43 heavy (non-hydrogen) atoms. The monoisotopic (exact) mass is 663 g/mol. The van der Waals surface area contributed by atoms with Crippen LogP contribution in [0.3, 0.4) is 0 Å². The van der Waals surface area contributed by atoms with E-state index in [0.29, 0.717) is 12.8 Å². The average molecular weight is 664 g/mol. The third-order valence-electron chi connectivity index (χ3n) is 7.73. The van der Waals surface area contributed by atoms with Gasteiger partial charge in [-0.1, -0.05) is 23.2 Å². The molecule has 2 atom stereocenters. The molecule has 0 radical (unpaired) electrons. The van der Waals surface area contributed by atoms with Gasteiger partial charge in [0.25, 0.3) is 0 Å². The van der Waals surface area contributed by atoms with Gasteiger partial charge in [0.05, 0.1) is 32.0 Å². The molecular weight excluding hydrogens is 641 g/mol. The number of sulfone groups is 1. The van der Waals surface area contributed by atoms with Crippen LogP contribution in [-0.4, -0.2) is 79.4 Å². The highest BCUT2D eigenvalue weighted by Gasteiger charge is 2.57. The first kappa shape index (κ1) is 31.2. The van der Waals surface area contributed by atoms with Gasteiger partial charge in [0, 0.05) is 31.9 Å². The Kier molecular flexibility index (Phi) is 8.04. The van der Waals surface area contributed by atoms with Crippen LogP contribution in [0.15, 0.2) is 35.4 Å². The maximum atomic E-state index is 15.0. The predicted molar refractivity (Wildman–Crippen MR) is 144 cm³/mol. The largest absolute Gasteiger partial charge is 0.484 e. The maximum absolute atomic E-state index is 15.0. The van der Waals surface area contributed by atoms with Crippen LogP contribution in [0.5, 0.6) is 5.75 Å².